The molecule has 0 aromatic heterocycles. The Bertz CT molecular complexity index is 287. The van der Waals surface area contributed by atoms with Gasteiger partial charge in [-0.3, -0.25) is 0 Å². The van der Waals surface area contributed by atoms with Crippen molar-refractivity contribution in [2.75, 3.05) is 33.3 Å². The Balaban J connectivity index is 1.85. The third kappa shape index (κ3) is 4.71. The molecule has 1 aliphatic carbocycles. The molecule has 1 saturated heterocycles. The van der Waals surface area contributed by atoms with Crippen LogP contribution in [0.4, 0.5) is 0 Å². The summed E-state index contributed by atoms with van der Waals surface area (Å²) in [5.74, 6) is 0.783. The predicted octanol–water partition coefficient (Wildman–Crippen LogP) is 2.90. The van der Waals surface area contributed by atoms with E-state index in [2.05, 4.69) is 38.0 Å². The Kier molecular flexibility index (Phi) is 5.88. The number of hydrogen-bond donors (Lipinski definition) is 1. The highest BCUT2D eigenvalue weighted by molar-refractivity contribution is 4.90. The lowest BCUT2D eigenvalue weighted by Gasteiger charge is -2.42. The van der Waals surface area contributed by atoms with E-state index < -0.39 is 0 Å². The molecule has 3 unspecified atom stereocenters. The van der Waals surface area contributed by atoms with E-state index in [1.54, 1.807) is 0 Å². The molecule has 0 aromatic rings. The van der Waals surface area contributed by atoms with E-state index in [0.29, 0.717) is 17.6 Å². The van der Waals surface area contributed by atoms with Crippen LogP contribution in [-0.4, -0.2) is 50.3 Å². The first-order valence-corrected chi connectivity index (χ1v) is 8.54. The van der Waals surface area contributed by atoms with Crippen molar-refractivity contribution < 1.29 is 4.74 Å². The van der Waals surface area contributed by atoms with E-state index in [1.807, 2.05) is 0 Å². The summed E-state index contributed by atoms with van der Waals surface area (Å²) in [4.78, 5) is 2.51. The zero-order chi connectivity index (χ0) is 14.6. The highest BCUT2D eigenvalue weighted by atomic mass is 16.5. The Hall–Kier alpha value is -0.120. The Morgan fingerprint density at radius 2 is 2.05 bits per heavy atom. The van der Waals surface area contributed by atoms with Crippen molar-refractivity contribution in [2.24, 2.45) is 11.3 Å². The summed E-state index contributed by atoms with van der Waals surface area (Å²) in [6.45, 7) is 11.5. The van der Waals surface area contributed by atoms with Gasteiger partial charge in [-0.2, -0.15) is 0 Å². The average Bonchev–Trinajstić information content (AvgIpc) is 2.85. The van der Waals surface area contributed by atoms with E-state index >= 15 is 0 Å². The van der Waals surface area contributed by atoms with Crippen molar-refractivity contribution in [3.63, 3.8) is 0 Å². The van der Waals surface area contributed by atoms with Gasteiger partial charge in [0, 0.05) is 25.7 Å². The number of likely N-dealkylation sites (N-methyl/N-ethyl adjacent to an activating group) is 1. The van der Waals surface area contributed by atoms with Crippen LogP contribution >= 0.6 is 0 Å². The SMILES string of the molecule is CCNC1CCC(C)(C)CC1CN(C)CC1CCCO1. The monoisotopic (exact) mass is 282 g/mol. The maximum atomic E-state index is 5.77. The van der Waals surface area contributed by atoms with Gasteiger partial charge in [-0.1, -0.05) is 20.8 Å². The average molecular weight is 282 g/mol. The summed E-state index contributed by atoms with van der Waals surface area (Å²) in [5, 5.41) is 3.71. The Morgan fingerprint density at radius 3 is 2.70 bits per heavy atom. The molecule has 2 aliphatic rings. The maximum absolute atomic E-state index is 5.77. The summed E-state index contributed by atoms with van der Waals surface area (Å²) in [5.41, 5.74) is 0.515. The van der Waals surface area contributed by atoms with E-state index in [9.17, 15) is 0 Å². The molecule has 0 bridgehead atoms. The highest BCUT2D eigenvalue weighted by Crippen LogP contribution is 2.39. The largest absolute Gasteiger partial charge is 0.377 e. The number of rotatable bonds is 6. The van der Waals surface area contributed by atoms with Gasteiger partial charge in [-0.05, 0) is 57.0 Å². The molecular weight excluding hydrogens is 248 g/mol. The number of nitrogens with zero attached hydrogens (tertiary/aromatic N) is 1. The fraction of sp³-hybridized carbons (Fsp3) is 1.00. The van der Waals surface area contributed by atoms with Crippen LogP contribution in [0.1, 0.15) is 52.9 Å². The molecule has 3 nitrogen and oxygen atoms in total. The summed E-state index contributed by atoms with van der Waals surface area (Å²) >= 11 is 0. The zero-order valence-corrected chi connectivity index (χ0v) is 14.0. The lowest BCUT2D eigenvalue weighted by Crippen LogP contribution is -2.47. The highest BCUT2D eigenvalue weighted by Gasteiger charge is 2.35. The predicted molar refractivity (Wildman–Crippen MR) is 85.1 cm³/mol. The van der Waals surface area contributed by atoms with Gasteiger partial charge in [0.05, 0.1) is 6.10 Å². The summed E-state index contributed by atoms with van der Waals surface area (Å²) in [7, 11) is 2.27. The second-order valence-electron chi connectivity index (χ2n) is 7.69. The first-order chi connectivity index (χ1) is 9.50. The summed E-state index contributed by atoms with van der Waals surface area (Å²) in [6, 6.07) is 0.708. The van der Waals surface area contributed by atoms with E-state index in [-0.39, 0.29) is 0 Å². The second kappa shape index (κ2) is 7.24. The van der Waals surface area contributed by atoms with Crippen molar-refractivity contribution in [2.45, 2.75) is 65.0 Å². The van der Waals surface area contributed by atoms with Gasteiger partial charge in [0.2, 0.25) is 0 Å². The van der Waals surface area contributed by atoms with Crippen LogP contribution in [0, 0.1) is 11.3 Å². The van der Waals surface area contributed by atoms with Crippen molar-refractivity contribution in [1.82, 2.24) is 10.2 Å². The van der Waals surface area contributed by atoms with Crippen LogP contribution in [0.5, 0.6) is 0 Å². The molecule has 1 N–H and O–H groups in total. The molecule has 0 radical (unpaired) electrons. The van der Waals surface area contributed by atoms with Crippen LogP contribution in [0.25, 0.3) is 0 Å². The Morgan fingerprint density at radius 1 is 1.25 bits per heavy atom. The van der Waals surface area contributed by atoms with Gasteiger partial charge < -0.3 is 15.0 Å². The van der Waals surface area contributed by atoms with Crippen LogP contribution in [0.15, 0.2) is 0 Å². The molecule has 3 atom stereocenters. The molecule has 118 valence electrons. The molecule has 2 rings (SSSR count). The number of ether oxygens (including phenoxy) is 1. The number of nitrogens with one attached hydrogen (secondary N) is 1. The quantitative estimate of drug-likeness (QED) is 0.811. The molecule has 0 aromatic carbocycles. The molecule has 1 saturated carbocycles. The van der Waals surface area contributed by atoms with Crippen LogP contribution < -0.4 is 5.32 Å². The fourth-order valence-corrected chi connectivity index (χ4v) is 4.07. The van der Waals surface area contributed by atoms with Gasteiger partial charge in [-0.15, -0.1) is 0 Å². The Labute approximate surface area is 125 Å². The maximum Gasteiger partial charge on any atom is 0.0702 e. The first kappa shape index (κ1) is 16.3. The van der Waals surface area contributed by atoms with E-state index in [4.69, 9.17) is 4.74 Å². The summed E-state index contributed by atoms with van der Waals surface area (Å²) in [6.07, 6.45) is 7.01. The fourth-order valence-electron chi connectivity index (χ4n) is 4.07. The third-order valence-electron chi connectivity index (χ3n) is 5.07. The van der Waals surface area contributed by atoms with Crippen LogP contribution in [-0.2, 0) is 4.74 Å². The standard InChI is InChI=1S/C17H34N2O/c1-5-18-16-8-9-17(2,3)11-14(16)12-19(4)13-15-7-6-10-20-15/h14-16,18H,5-13H2,1-4H3. The zero-order valence-electron chi connectivity index (χ0n) is 14.0. The van der Waals surface area contributed by atoms with E-state index in [0.717, 1.165) is 25.6 Å². The molecule has 1 aliphatic heterocycles. The van der Waals surface area contributed by atoms with Crippen molar-refractivity contribution in [3.05, 3.63) is 0 Å². The van der Waals surface area contributed by atoms with Gasteiger partial charge in [0.15, 0.2) is 0 Å². The minimum Gasteiger partial charge on any atom is -0.377 e. The van der Waals surface area contributed by atoms with Gasteiger partial charge >= 0.3 is 0 Å². The number of hydrogen-bond acceptors (Lipinski definition) is 3. The van der Waals surface area contributed by atoms with E-state index in [1.165, 1.54) is 38.6 Å². The molecule has 3 heteroatoms. The smallest absolute Gasteiger partial charge is 0.0702 e. The molecule has 0 amide bonds. The van der Waals surface area contributed by atoms with Gasteiger partial charge in [0.1, 0.15) is 0 Å². The topological polar surface area (TPSA) is 24.5 Å². The van der Waals surface area contributed by atoms with Gasteiger partial charge in [0.25, 0.3) is 0 Å². The van der Waals surface area contributed by atoms with Crippen molar-refractivity contribution in [1.29, 1.82) is 0 Å². The summed E-state index contributed by atoms with van der Waals surface area (Å²) < 4.78 is 5.77. The molecule has 2 fully saturated rings. The van der Waals surface area contributed by atoms with Crippen LogP contribution in [0.3, 0.4) is 0 Å². The lowest BCUT2D eigenvalue weighted by atomic mass is 9.69. The molecular formula is C17H34N2O. The van der Waals surface area contributed by atoms with Crippen molar-refractivity contribution >= 4 is 0 Å². The minimum atomic E-state index is 0.481. The molecule has 20 heavy (non-hydrogen) atoms. The molecule has 1 heterocycles. The van der Waals surface area contributed by atoms with Gasteiger partial charge in [-0.25, -0.2) is 0 Å². The van der Waals surface area contributed by atoms with Crippen molar-refractivity contribution in [3.8, 4) is 0 Å². The minimum absolute atomic E-state index is 0.481. The molecule has 0 spiro atoms. The third-order valence-corrected chi connectivity index (χ3v) is 5.07. The second-order valence-corrected chi connectivity index (χ2v) is 7.69. The lowest BCUT2D eigenvalue weighted by molar-refractivity contribution is 0.0599. The normalized spacial score (nSPS) is 33.8. The first-order valence-electron chi connectivity index (χ1n) is 8.54. The van der Waals surface area contributed by atoms with Crippen LogP contribution in [0.2, 0.25) is 0 Å².